The molecule has 1 aromatic carbocycles. The van der Waals surface area contributed by atoms with Gasteiger partial charge < -0.3 is 0 Å². The van der Waals surface area contributed by atoms with Gasteiger partial charge in [-0.05, 0) is 12.1 Å². The van der Waals surface area contributed by atoms with Crippen LogP contribution in [0.15, 0.2) is 17.0 Å². The summed E-state index contributed by atoms with van der Waals surface area (Å²) < 4.78 is 0. The molecule has 0 saturated heterocycles. The van der Waals surface area contributed by atoms with E-state index in [1.165, 1.54) is 6.07 Å². The lowest BCUT2D eigenvalue weighted by atomic mass is 10.2. The summed E-state index contributed by atoms with van der Waals surface area (Å²) in [5.41, 5.74) is 0.394. The largest absolute Gasteiger partial charge is 0.192 e. The van der Waals surface area contributed by atoms with Crippen LogP contribution in [0.1, 0.15) is 5.56 Å². The minimum Gasteiger partial charge on any atom is -0.192 e. The van der Waals surface area contributed by atoms with Gasteiger partial charge in [0.05, 0.1) is 10.6 Å². The third-order valence-corrected chi connectivity index (χ3v) is 2.28. The van der Waals surface area contributed by atoms with Gasteiger partial charge in [-0.2, -0.15) is 5.26 Å². The Kier molecular flexibility index (Phi) is 2.67. The number of hydrogen-bond donors (Lipinski definition) is 1. The topological polar surface area (TPSA) is 23.8 Å². The van der Waals surface area contributed by atoms with Crippen molar-refractivity contribution in [3.8, 4) is 6.07 Å². The number of hydrogen-bond acceptors (Lipinski definition) is 2. The summed E-state index contributed by atoms with van der Waals surface area (Å²) >= 11 is 15.3. The molecule has 0 fully saturated rings. The van der Waals surface area contributed by atoms with Crippen molar-refractivity contribution in [1.29, 1.82) is 5.26 Å². The van der Waals surface area contributed by atoms with E-state index in [2.05, 4.69) is 12.6 Å². The van der Waals surface area contributed by atoms with Gasteiger partial charge in [-0.25, -0.2) is 0 Å². The van der Waals surface area contributed by atoms with Crippen molar-refractivity contribution < 1.29 is 0 Å². The molecule has 0 bridgehead atoms. The molecule has 11 heavy (non-hydrogen) atoms. The highest BCUT2D eigenvalue weighted by Gasteiger charge is 2.03. The van der Waals surface area contributed by atoms with Gasteiger partial charge in [0.1, 0.15) is 6.07 Å². The number of thiol groups is 1. The second-order valence-electron chi connectivity index (χ2n) is 1.90. The van der Waals surface area contributed by atoms with E-state index in [0.717, 1.165) is 0 Å². The predicted octanol–water partition coefficient (Wildman–Crippen LogP) is 3.15. The van der Waals surface area contributed by atoms with E-state index in [1.807, 2.05) is 6.07 Å². The monoisotopic (exact) mass is 203 g/mol. The molecule has 0 radical (unpaired) electrons. The van der Waals surface area contributed by atoms with Crippen LogP contribution in [-0.4, -0.2) is 0 Å². The minimum absolute atomic E-state index is 0.394. The molecule has 0 aromatic heterocycles. The lowest BCUT2D eigenvalue weighted by molar-refractivity contribution is 1.38. The molecule has 1 aromatic rings. The summed E-state index contributed by atoms with van der Waals surface area (Å²) in [6.45, 7) is 0. The Balaban J connectivity index is 3.39. The second kappa shape index (κ2) is 3.36. The van der Waals surface area contributed by atoms with Crippen LogP contribution < -0.4 is 0 Å². The molecule has 0 atom stereocenters. The smallest absolute Gasteiger partial charge is 0.100 e. The van der Waals surface area contributed by atoms with E-state index in [9.17, 15) is 0 Å². The maximum absolute atomic E-state index is 8.55. The second-order valence-corrected chi connectivity index (χ2v) is 3.19. The molecule has 1 rings (SSSR count). The molecular formula is C7H3Cl2NS. The molecule has 0 unspecified atom stereocenters. The van der Waals surface area contributed by atoms with E-state index in [4.69, 9.17) is 28.5 Å². The molecule has 0 heterocycles. The third-order valence-electron chi connectivity index (χ3n) is 1.15. The summed E-state index contributed by atoms with van der Waals surface area (Å²) in [5, 5.41) is 9.40. The van der Waals surface area contributed by atoms with Crippen LogP contribution in [0.25, 0.3) is 0 Å². The predicted molar refractivity (Wildman–Crippen MR) is 48.4 cm³/mol. The van der Waals surface area contributed by atoms with Crippen molar-refractivity contribution in [2.75, 3.05) is 0 Å². The quantitative estimate of drug-likeness (QED) is 0.644. The van der Waals surface area contributed by atoms with Crippen LogP contribution in [0.5, 0.6) is 0 Å². The molecule has 0 aliphatic carbocycles. The molecule has 0 spiro atoms. The van der Waals surface area contributed by atoms with Gasteiger partial charge >= 0.3 is 0 Å². The Bertz CT molecular complexity index is 330. The first kappa shape index (κ1) is 8.73. The molecule has 0 aliphatic rings. The van der Waals surface area contributed by atoms with Crippen molar-refractivity contribution in [2.45, 2.75) is 4.90 Å². The summed E-state index contributed by atoms with van der Waals surface area (Å²) in [6.07, 6.45) is 0. The zero-order valence-corrected chi connectivity index (χ0v) is 7.71. The summed E-state index contributed by atoms with van der Waals surface area (Å²) in [5.74, 6) is 0. The van der Waals surface area contributed by atoms with Crippen LogP contribution in [0.4, 0.5) is 0 Å². The van der Waals surface area contributed by atoms with Crippen LogP contribution in [0.3, 0.4) is 0 Å². The van der Waals surface area contributed by atoms with E-state index in [-0.39, 0.29) is 0 Å². The van der Waals surface area contributed by atoms with Gasteiger partial charge in [0.15, 0.2) is 0 Å². The Hall–Kier alpha value is -0.360. The molecule has 0 N–H and O–H groups in total. The SMILES string of the molecule is N#Cc1cc(Cl)cc(Cl)c1S. The first-order valence-corrected chi connectivity index (χ1v) is 3.93. The standard InChI is InChI=1S/C7H3Cl2NS/c8-5-1-4(3-10)7(11)6(9)2-5/h1-2,11H. The fourth-order valence-corrected chi connectivity index (χ4v) is 1.32. The molecule has 0 aliphatic heterocycles. The number of nitrogens with zero attached hydrogens (tertiary/aromatic N) is 1. The van der Waals surface area contributed by atoms with Crippen molar-refractivity contribution in [3.63, 3.8) is 0 Å². The zero-order valence-electron chi connectivity index (χ0n) is 5.31. The van der Waals surface area contributed by atoms with Crippen molar-refractivity contribution in [3.05, 3.63) is 27.7 Å². The molecule has 4 heteroatoms. The highest BCUT2D eigenvalue weighted by atomic mass is 35.5. The van der Waals surface area contributed by atoms with E-state index in [0.29, 0.717) is 20.5 Å². The third kappa shape index (κ3) is 1.81. The first-order valence-electron chi connectivity index (χ1n) is 2.73. The Morgan fingerprint density at radius 1 is 1.36 bits per heavy atom. The van der Waals surface area contributed by atoms with E-state index >= 15 is 0 Å². The maximum Gasteiger partial charge on any atom is 0.100 e. The van der Waals surface area contributed by atoms with Crippen molar-refractivity contribution in [2.24, 2.45) is 0 Å². The van der Waals surface area contributed by atoms with Gasteiger partial charge in [0, 0.05) is 9.92 Å². The number of benzene rings is 1. The molecule has 0 saturated carbocycles. The molecule has 0 amide bonds. The van der Waals surface area contributed by atoms with E-state index in [1.54, 1.807) is 6.07 Å². The van der Waals surface area contributed by atoms with E-state index < -0.39 is 0 Å². The van der Waals surface area contributed by atoms with Gasteiger partial charge in [-0.15, -0.1) is 12.6 Å². The summed E-state index contributed by atoms with van der Waals surface area (Å²) in [4.78, 5) is 0.471. The van der Waals surface area contributed by atoms with Gasteiger partial charge in [0.25, 0.3) is 0 Å². The van der Waals surface area contributed by atoms with Gasteiger partial charge in [-0.1, -0.05) is 23.2 Å². The van der Waals surface area contributed by atoms with Crippen LogP contribution in [-0.2, 0) is 0 Å². The molecule has 56 valence electrons. The summed E-state index contributed by atoms with van der Waals surface area (Å²) in [7, 11) is 0. The van der Waals surface area contributed by atoms with Crippen molar-refractivity contribution >= 4 is 35.8 Å². The maximum atomic E-state index is 8.55. The molecular weight excluding hydrogens is 201 g/mol. The highest BCUT2D eigenvalue weighted by Crippen LogP contribution is 2.27. The van der Waals surface area contributed by atoms with Gasteiger partial charge in [-0.3, -0.25) is 0 Å². The summed E-state index contributed by atoms with van der Waals surface area (Å²) in [6, 6.07) is 5.00. The Morgan fingerprint density at radius 2 is 2.00 bits per heavy atom. The average Bonchev–Trinajstić information content (AvgIpc) is 1.96. The Labute approximate surface area is 80.0 Å². The fourth-order valence-electron chi connectivity index (χ4n) is 0.651. The fraction of sp³-hybridized carbons (Fsp3) is 0. The lowest BCUT2D eigenvalue weighted by Gasteiger charge is -1.98. The minimum atomic E-state index is 0.394. The average molecular weight is 204 g/mol. The zero-order chi connectivity index (χ0) is 8.43. The normalized spacial score (nSPS) is 9.27. The number of nitriles is 1. The van der Waals surface area contributed by atoms with Crippen LogP contribution in [0.2, 0.25) is 10.0 Å². The lowest BCUT2D eigenvalue weighted by Crippen LogP contribution is -1.79. The number of rotatable bonds is 0. The Morgan fingerprint density at radius 3 is 2.55 bits per heavy atom. The molecule has 1 nitrogen and oxygen atoms in total. The number of halogens is 2. The van der Waals surface area contributed by atoms with Crippen LogP contribution in [0, 0.1) is 11.3 Å². The first-order chi connectivity index (χ1) is 5.15. The highest BCUT2D eigenvalue weighted by molar-refractivity contribution is 7.80. The van der Waals surface area contributed by atoms with Gasteiger partial charge in [0.2, 0.25) is 0 Å². The van der Waals surface area contributed by atoms with Crippen LogP contribution >= 0.6 is 35.8 Å². The van der Waals surface area contributed by atoms with Crippen molar-refractivity contribution in [1.82, 2.24) is 0 Å².